The average Bonchev–Trinajstić information content (AvgIpc) is 2.50. The summed E-state index contributed by atoms with van der Waals surface area (Å²) in [5, 5.41) is 10.1. The third kappa shape index (κ3) is 2.23. The van der Waals surface area contributed by atoms with Crippen molar-refractivity contribution in [1.29, 1.82) is 0 Å². The zero-order chi connectivity index (χ0) is 8.81. The molecular formula is C8H16N4. The van der Waals surface area contributed by atoms with Crippen LogP contribution in [0.2, 0.25) is 0 Å². The normalized spacial score (nSPS) is 10.2. The van der Waals surface area contributed by atoms with Crippen molar-refractivity contribution in [3.63, 3.8) is 0 Å². The highest BCUT2D eigenvalue weighted by atomic mass is 15.1. The van der Waals surface area contributed by atoms with Crippen molar-refractivity contribution in [1.82, 2.24) is 10.2 Å². The van der Waals surface area contributed by atoms with Crippen molar-refractivity contribution < 1.29 is 0 Å². The van der Waals surface area contributed by atoms with E-state index in [9.17, 15) is 0 Å². The van der Waals surface area contributed by atoms with E-state index in [1.807, 2.05) is 0 Å². The molecule has 1 aromatic heterocycles. The third-order valence-corrected chi connectivity index (χ3v) is 1.68. The fourth-order valence-electron chi connectivity index (χ4n) is 1.11. The Kier molecular flexibility index (Phi) is 3.60. The molecule has 68 valence electrons. The second kappa shape index (κ2) is 4.77. The van der Waals surface area contributed by atoms with Gasteiger partial charge in [0.05, 0.1) is 17.6 Å². The molecule has 4 nitrogen and oxygen atoms in total. The van der Waals surface area contributed by atoms with Crippen LogP contribution in [-0.2, 0) is 6.42 Å². The maximum absolute atomic E-state index is 5.38. The number of nitrogens with two attached hydrogens (primary N) is 1. The highest BCUT2D eigenvalue weighted by Gasteiger charge is 2.01. The number of hydrogen-bond acceptors (Lipinski definition) is 3. The Hall–Kier alpha value is -1.03. The number of aromatic nitrogens is 2. The van der Waals surface area contributed by atoms with Crippen molar-refractivity contribution in [2.75, 3.05) is 18.4 Å². The zero-order valence-corrected chi connectivity index (χ0v) is 7.43. The minimum absolute atomic E-state index is 0.650. The molecule has 12 heavy (non-hydrogen) atoms. The van der Waals surface area contributed by atoms with Crippen LogP contribution in [0, 0.1) is 0 Å². The predicted octanol–water partition coefficient (Wildman–Crippen LogP) is 0.733. The zero-order valence-electron chi connectivity index (χ0n) is 7.43. The van der Waals surface area contributed by atoms with Gasteiger partial charge in [-0.3, -0.25) is 5.10 Å². The summed E-state index contributed by atoms with van der Waals surface area (Å²) in [7, 11) is 0. The van der Waals surface area contributed by atoms with Crippen LogP contribution in [0.25, 0.3) is 0 Å². The second-order valence-electron chi connectivity index (χ2n) is 2.73. The topological polar surface area (TPSA) is 66.7 Å². The molecule has 0 aliphatic rings. The van der Waals surface area contributed by atoms with Crippen LogP contribution in [0.3, 0.4) is 0 Å². The Bertz CT molecular complexity index is 219. The fraction of sp³-hybridized carbons (Fsp3) is 0.625. The lowest BCUT2D eigenvalue weighted by atomic mass is 10.2. The van der Waals surface area contributed by atoms with Gasteiger partial charge in [0.2, 0.25) is 0 Å². The fourth-order valence-corrected chi connectivity index (χ4v) is 1.11. The molecule has 0 radical (unpaired) electrons. The number of hydrogen-bond donors (Lipinski definition) is 3. The average molecular weight is 168 g/mol. The van der Waals surface area contributed by atoms with Crippen molar-refractivity contribution >= 4 is 5.69 Å². The number of rotatable bonds is 5. The molecule has 1 aromatic rings. The van der Waals surface area contributed by atoms with Crippen molar-refractivity contribution in [2.45, 2.75) is 19.8 Å². The largest absolute Gasteiger partial charge is 0.381 e. The number of anilines is 1. The lowest BCUT2D eigenvalue weighted by Gasteiger charge is -2.03. The summed E-state index contributed by atoms with van der Waals surface area (Å²) in [5.41, 5.74) is 7.63. The van der Waals surface area contributed by atoms with Gasteiger partial charge in [0.15, 0.2) is 0 Å². The van der Waals surface area contributed by atoms with E-state index in [1.165, 1.54) is 5.69 Å². The Labute approximate surface area is 72.5 Å². The lowest BCUT2D eigenvalue weighted by molar-refractivity contribution is 0.865. The predicted molar refractivity (Wildman–Crippen MR) is 50.1 cm³/mol. The maximum Gasteiger partial charge on any atom is 0.0756 e. The molecule has 0 atom stereocenters. The van der Waals surface area contributed by atoms with Crippen molar-refractivity contribution in [3.8, 4) is 0 Å². The second-order valence-corrected chi connectivity index (χ2v) is 2.73. The molecule has 4 heteroatoms. The van der Waals surface area contributed by atoms with Gasteiger partial charge >= 0.3 is 0 Å². The standard InChI is InChI=1S/C8H16N4/c1-2-3-7-8(6-11-12-7)10-5-4-9/h6,10H,2-5,9H2,1H3,(H,11,12). The molecule has 0 spiro atoms. The van der Waals surface area contributed by atoms with E-state index in [4.69, 9.17) is 5.73 Å². The van der Waals surface area contributed by atoms with Crippen LogP contribution in [0.4, 0.5) is 5.69 Å². The molecule has 0 amide bonds. The Morgan fingerprint density at radius 2 is 2.50 bits per heavy atom. The van der Waals surface area contributed by atoms with E-state index < -0.39 is 0 Å². The summed E-state index contributed by atoms with van der Waals surface area (Å²) < 4.78 is 0. The highest BCUT2D eigenvalue weighted by molar-refractivity contribution is 5.45. The van der Waals surface area contributed by atoms with Gasteiger partial charge in [-0.2, -0.15) is 5.10 Å². The Morgan fingerprint density at radius 3 is 3.17 bits per heavy atom. The first-order chi connectivity index (χ1) is 5.88. The molecule has 0 saturated carbocycles. The van der Waals surface area contributed by atoms with Crippen LogP contribution < -0.4 is 11.1 Å². The number of aromatic amines is 1. The monoisotopic (exact) mass is 168 g/mol. The van der Waals surface area contributed by atoms with Gasteiger partial charge in [-0.1, -0.05) is 13.3 Å². The molecule has 0 saturated heterocycles. The molecule has 0 aliphatic heterocycles. The molecule has 0 bridgehead atoms. The molecule has 1 rings (SSSR count). The number of aryl methyl sites for hydroxylation is 1. The van der Waals surface area contributed by atoms with Crippen LogP contribution in [-0.4, -0.2) is 23.3 Å². The Balaban J connectivity index is 2.51. The van der Waals surface area contributed by atoms with E-state index >= 15 is 0 Å². The van der Waals surface area contributed by atoms with Gasteiger partial charge in [0.1, 0.15) is 0 Å². The molecule has 0 aliphatic carbocycles. The smallest absolute Gasteiger partial charge is 0.0756 e. The van der Waals surface area contributed by atoms with Gasteiger partial charge < -0.3 is 11.1 Å². The first-order valence-corrected chi connectivity index (χ1v) is 4.34. The van der Waals surface area contributed by atoms with Gasteiger partial charge in [-0.15, -0.1) is 0 Å². The highest BCUT2D eigenvalue weighted by Crippen LogP contribution is 2.12. The van der Waals surface area contributed by atoms with Crippen LogP contribution in [0.1, 0.15) is 19.0 Å². The van der Waals surface area contributed by atoms with Gasteiger partial charge in [-0.05, 0) is 6.42 Å². The molecule has 0 unspecified atom stereocenters. The van der Waals surface area contributed by atoms with E-state index in [0.29, 0.717) is 6.54 Å². The summed E-state index contributed by atoms with van der Waals surface area (Å²) in [6.07, 6.45) is 3.97. The molecule has 1 heterocycles. The van der Waals surface area contributed by atoms with E-state index in [0.717, 1.165) is 25.1 Å². The summed E-state index contributed by atoms with van der Waals surface area (Å²) in [6.45, 7) is 3.60. The van der Waals surface area contributed by atoms with Crippen LogP contribution in [0.5, 0.6) is 0 Å². The minimum atomic E-state index is 0.650. The van der Waals surface area contributed by atoms with Gasteiger partial charge in [0.25, 0.3) is 0 Å². The van der Waals surface area contributed by atoms with E-state index in [-0.39, 0.29) is 0 Å². The SMILES string of the molecule is CCCc1[nH]ncc1NCCN. The molecule has 0 fully saturated rings. The quantitative estimate of drug-likeness (QED) is 0.607. The van der Waals surface area contributed by atoms with Gasteiger partial charge in [0, 0.05) is 13.1 Å². The van der Waals surface area contributed by atoms with Crippen LogP contribution >= 0.6 is 0 Å². The minimum Gasteiger partial charge on any atom is -0.381 e. The van der Waals surface area contributed by atoms with E-state index in [1.54, 1.807) is 6.20 Å². The molecule has 4 N–H and O–H groups in total. The lowest BCUT2D eigenvalue weighted by Crippen LogP contribution is -2.13. The Morgan fingerprint density at radius 1 is 1.67 bits per heavy atom. The third-order valence-electron chi connectivity index (χ3n) is 1.68. The number of nitrogens with zero attached hydrogens (tertiary/aromatic N) is 1. The summed E-state index contributed by atoms with van der Waals surface area (Å²) in [4.78, 5) is 0. The van der Waals surface area contributed by atoms with Crippen molar-refractivity contribution in [2.24, 2.45) is 5.73 Å². The number of H-pyrrole nitrogens is 1. The summed E-state index contributed by atoms with van der Waals surface area (Å²) in [6, 6.07) is 0. The van der Waals surface area contributed by atoms with Crippen LogP contribution in [0.15, 0.2) is 6.20 Å². The first kappa shape index (κ1) is 9.06. The van der Waals surface area contributed by atoms with Gasteiger partial charge in [-0.25, -0.2) is 0 Å². The summed E-state index contributed by atoms with van der Waals surface area (Å²) >= 11 is 0. The first-order valence-electron chi connectivity index (χ1n) is 4.34. The molecular weight excluding hydrogens is 152 g/mol. The molecule has 0 aromatic carbocycles. The van der Waals surface area contributed by atoms with Crippen molar-refractivity contribution in [3.05, 3.63) is 11.9 Å². The number of nitrogens with one attached hydrogen (secondary N) is 2. The summed E-state index contributed by atoms with van der Waals surface area (Å²) in [5.74, 6) is 0. The maximum atomic E-state index is 5.38. The van der Waals surface area contributed by atoms with E-state index in [2.05, 4.69) is 22.4 Å².